The van der Waals surface area contributed by atoms with Crippen LogP contribution in [0.15, 0.2) is 18.2 Å². The number of carbonyl (C=O) groups is 2. The molecule has 1 N–H and O–H groups in total. The molecule has 1 atom stereocenters. The summed E-state index contributed by atoms with van der Waals surface area (Å²) in [7, 11) is 0. The first-order valence-electron chi connectivity index (χ1n) is 6.99. The van der Waals surface area contributed by atoms with Crippen molar-refractivity contribution >= 4 is 17.4 Å². The highest BCUT2D eigenvalue weighted by Crippen LogP contribution is 2.33. The summed E-state index contributed by atoms with van der Waals surface area (Å²) in [6.07, 6.45) is 1.91. The van der Waals surface area contributed by atoms with Crippen LogP contribution in [0.1, 0.15) is 30.1 Å². The molecule has 0 spiro atoms. The van der Waals surface area contributed by atoms with Crippen LogP contribution >= 0.6 is 0 Å². The number of hydrogen-bond acceptors (Lipinski definition) is 4. The molecule has 5 heteroatoms. The molecule has 1 aromatic carbocycles. The molecule has 0 saturated carbocycles. The van der Waals surface area contributed by atoms with E-state index in [1.807, 2.05) is 0 Å². The highest BCUT2D eigenvalue weighted by molar-refractivity contribution is 6.03. The molecule has 5 nitrogen and oxygen atoms in total. The number of benzene rings is 1. The average Bonchev–Trinajstić information content (AvgIpc) is 2.99. The highest BCUT2D eigenvalue weighted by Gasteiger charge is 2.26. The van der Waals surface area contributed by atoms with E-state index < -0.39 is 0 Å². The van der Waals surface area contributed by atoms with Crippen LogP contribution in [0.3, 0.4) is 0 Å². The summed E-state index contributed by atoms with van der Waals surface area (Å²) in [6.45, 7) is 3.44. The van der Waals surface area contributed by atoms with Gasteiger partial charge in [0.25, 0.3) is 0 Å². The van der Waals surface area contributed by atoms with Gasteiger partial charge in [0.15, 0.2) is 5.78 Å². The first-order valence-corrected chi connectivity index (χ1v) is 6.99. The fourth-order valence-corrected chi connectivity index (χ4v) is 2.81. The Hall–Kier alpha value is -1.88. The lowest BCUT2D eigenvalue weighted by atomic mass is 10.0. The van der Waals surface area contributed by atoms with Crippen molar-refractivity contribution in [2.24, 2.45) is 0 Å². The first-order chi connectivity index (χ1) is 9.66. The van der Waals surface area contributed by atoms with Crippen LogP contribution in [0.25, 0.3) is 0 Å². The Kier molecular flexibility index (Phi) is 3.44. The van der Waals surface area contributed by atoms with Gasteiger partial charge in [-0.05, 0) is 37.6 Å². The maximum absolute atomic E-state index is 12.4. The number of nitrogens with zero attached hydrogens (tertiary/aromatic N) is 1. The summed E-state index contributed by atoms with van der Waals surface area (Å²) >= 11 is 0. The summed E-state index contributed by atoms with van der Waals surface area (Å²) in [5.74, 6) is 0.736. The molecular formula is C15H18N2O3. The van der Waals surface area contributed by atoms with Gasteiger partial charge in [-0.25, -0.2) is 0 Å². The molecule has 3 rings (SSSR count). The molecule has 106 valence electrons. The normalized spacial score (nSPS) is 21.2. The Morgan fingerprint density at radius 2 is 2.25 bits per heavy atom. The van der Waals surface area contributed by atoms with Crippen molar-refractivity contribution in [1.82, 2.24) is 5.32 Å². The SMILES string of the molecule is CC(=O)N1CCOc2ccc(C(=O)C3CCCN3)cc21. The van der Waals surface area contributed by atoms with Gasteiger partial charge in [-0.1, -0.05) is 0 Å². The lowest BCUT2D eigenvalue weighted by molar-refractivity contribution is -0.116. The second kappa shape index (κ2) is 5.25. The van der Waals surface area contributed by atoms with Gasteiger partial charge >= 0.3 is 0 Å². The quantitative estimate of drug-likeness (QED) is 0.827. The number of ketones is 1. The predicted molar refractivity (Wildman–Crippen MR) is 75.3 cm³/mol. The number of rotatable bonds is 2. The predicted octanol–water partition coefficient (Wildman–Crippen LogP) is 1.37. The van der Waals surface area contributed by atoms with E-state index in [1.54, 1.807) is 23.1 Å². The summed E-state index contributed by atoms with van der Waals surface area (Å²) in [5.41, 5.74) is 1.34. The van der Waals surface area contributed by atoms with Crippen molar-refractivity contribution in [3.05, 3.63) is 23.8 Å². The third kappa shape index (κ3) is 2.29. The van der Waals surface area contributed by atoms with Crippen LogP contribution in [0.5, 0.6) is 5.75 Å². The average molecular weight is 274 g/mol. The molecule has 0 radical (unpaired) electrons. The third-order valence-corrected chi connectivity index (χ3v) is 3.86. The Bertz CT molecular complexity index is 550. The van der Waals surface area contributed by atoms with Gasteiger partial charge in [0.05, 0.1) is 18.3 Å². The number of Topliss-reactive ketones (excluding diaryl/α,β-unsaturated/α-hetero) is 1. The Labute approximate surface area is 117 Å². The van der Waals surface area contributed by atoms with E-state index in [2.05, 4.69) is 5.32 Å². The molecule has 1 fully saturated rings. The summed E-state index contributed by atoms with van der Waals surface area (Å²) < 4.78 is 5.54. The standard InChI is InChI=1S/C15H18N2O3/c1-10(18)17-7-8-20-14-5-4-11(9-13(14)17)15(19)12-3-2-6-16-12/h4-5,9,12,16H,2-3,6-8H2,1H3. The van der Waals surface area contributed by atoms with E-state index in [0.717, 1.165) is 19.4 Å². The fraction of sp³-hybridized carbons (Fsp3) is 0.467. The largest absolute Gasteiger partial charge is 0.490 e. The number of carbonyl (C=O) groups excluding carboxylic acids is 2. The molecule has 1 aromatic rings. The minimum atomic E-state index is -0.0941. The van der Waals surface area contributed by atoms with E-state index in [0.29, 0.717) is 30.2 Å². The second-order valence-electron chi connectivity index (χ2n) is 5.21. The number of nitrogens with one attached hydrogen (secondary N) is 1. The van der Waals surface area contributed by atoms with Gasteiger partial charge < -0.3 is 15.0 Å². The van der Waals surface area contributed by atoms with Gasteiger partial charge in [-0.3, -0.25) is 9.59 Å². The smallest absolute Gasteiger partial charge is 0.224 e. The van der Waals surface area contributed by atoms with E-state index in [9.17, 15) is 9.59 Å². The number of ether oxygens (including phenoxy) is 1. The molecule has 0 bridgehead atoms. The molecule has 1 amide bonds. The Morgan fingerprint density at radius 3 is 2.95 bits per heavy atom. The van der Waals surface area contributed by atoms with E-state index in [-0.39, 0.29) is 17.7 Å². The minimum absolute atomic E-state index is 0.0295. The monoisotopic (exact) mass is 274 g/mol. The second-order valence-corrected chi connectivity index (χ2v) is 5.21. The molecule has 0 aliphatic carbocycles. The molecule has 0 aromatic heterocycles. The van der Waals surface area contributed by atoms with Crippen molar-refractivity contribution < 1.29 is 14.3 Å². The Balaban J connectivity index is 1.92. The van der Waals surface area contributed by atoms with Gasteiger partial charge in [-0.2, -0.15) is 0 Å². The van der Waals surface area contributed by atoms with Gasteiger partial charge in [0.2, 0.25) is 5.91 Å². The van der Waals surface area contributed by atoms with Crippen LogP contribution in [-0.4, -0.2) is 37.4 Å². The summed E-state index contributed by atoms with van der Waals surface area (Å²) in [6, 6.07) is 5.25. The number of anilines is 1. The fourth-order valence-electron chi connectivity index (χ4n) is 2.81. The van der Waals surface area contributed by atoms with Crippen molar-refractivity contribution in [2.45, 2.75) is 25.8 Å². The lowest BCUT2D eigenvalue weighted by Crippen LogP contribution is -2.37. The maximum atomic E-state index is 12.4. The molecule has 1 unspecified atom stereocenters. The molecule has 2 aliphatic rings. The molecule has 20 heavy (non-hydrogen) atoms. The van der Waals surface area contributed by atoms with Crippen LogP contribution in [0.4, 0.5) is 5.69 Å². The van der Waals surface area contributed by atoms with Gasteiger partial charge in [0.1, 0.15) is 12.4 Å². The van der Waals surface area contributed by atoms with Crippen molar-refractivity contribution in [1.29, 1.82) is 0 Å². The maximum Gasteiger partial charge on any atom is 0.224 e. The minimum Gasteiger partial charge on any atom is -0.490 e. The number of amides is 1. The van der Waals surface area contributed by atoms with Crippen LogP contribution < -0.4 is 15.0 Å². The third-order valence-electron chi connectivity index (χ3n) is 3.86. The van der Waals surface area contributed by atoms with E-state index in [4.69, 9.17) is 4.74 Å². The first kappa shape index (κ1) is 13.1. The number of hydrogen-bond donors (Lipinski definition) is 1. The molecule has 1 saturated heterocycles. The van der Waals surface area contributed by atoms with Gasteiger partial charge in [0, 0.05) is 12.5 Å². The topological polar surface area (TPSA) is 58.6 Å². The zero-order valence-electron chi connectivity index (χ0n) is 11.5. The van der Waals surface area contributed by atoms with E-state index >= 15 is 0 Å². The Morgan fingerprint density at radius 1 is 1.40 bits per heavy atom. The molecular weight excluding hydrogens is 256 g/mol. The van der Waals surface area contributed by atoms with Crippen molar-refractivity contribution in [3.63, 3.8) is 0 Å². The number of fused-ring (bicyclic) bond motifs is 1. The lowest BCUT2D eigenvalue weighted by Gasteiger charge is -2.29. The highest BCUT2D eigenvalue weighted by atomic mass is 16.5. The van der Waals surface area contributed by atoms with Gasteiger partial charge in [-0.15, -0.1) is 0 Å². The van der Waals surface area contributed by atoms with Crippen LogP contribution in [-0.2, 0) is 4.79 Å². The van der Waals surface area contributed by atoms with Crippen LogP contribution in [0.2, 0.25) is 0 Å². The van der Waals surface area contributed by atoms with E-state index in [1.165, 1.54) is 6.92 Å². The molecule has 2 aliphatic heterocycles. The summed E-state index contributed by atoms with van der Waals surface area (Å²) in [5, 5.41) is 3.21. The van der Waals surface area contributed by atoms with Crippen molar-refractivity contribution in [3.8, 4) is 5.75 Å². The van der Waals surface area contributed by atoms with Crippen LogP contribution in [0, 0.1) is 0 Å². The zero-order valence-corrected chi connectivity index (χ0v) is 11.5. The summed E-state index contributed by atoms with van der Waals surface area (Å²) in [4.78, 5) is 25.7. The molecule has 2 heterocycles. The zero-order chi connectivity index (χ0) is 14.1. The van der Waals surface area contributed by atoms with Crippen molar-refractivity contribution in [2.75, 3.05) is 24.6 Å².